The fourth-order valence-corrected chi connectivity index (χ4v) is 2.94. The fraction of sp³-hybridized carbons (Fsp3) is 0.429. The number of rotatable bonds is 7. The lowest BCUT2D eigenvalue weighted by Crippen LogP contribution is -1.99. The van der Waals surface area contributed by atoms with Gasteiger partial charge in [0.15, 0.2) is 0 Å². The SMILES string of the molecule is COc1ccc(Oc2c(C)cc(CCCO)cc2C)c(C(C)C)c1. The molecular weight excluding hydrogens is 300 g/mol. The van der Waals surface area contributed by atoms with Gasteiger partial charge in [-0.25, -0.2) is 0 Å². The quantitative estimate of drug-likeness (QED) is 0.763. The van der Waals surface area contributed by atoms with Crippen LogP contribution >= 0.6 is 0 Å². The summed E-state index contributed by atoms with van der Waals surface area (Å²) in [5.41, 5.74) is 4.62. The lowest BCUT2D eigenvalue weighted by molar-refractivity contribution is 0.288. The molecule has 0 aliphatic carbocycles. The molecule has 2 rings (SSSR count). The Kier molecular flexibility index (Phi) is 6.27. The molecule has 0 saturated heterocycles. The van der Waals surface area contributed by atoms with Gasteiger partial charge in [-0.15, -0.1) is 0 Å². The summed E-state index contributed by atoms with van der Waals surface area (Å²) < 4.78 is 11.6. The first-order valence-corrected chi connectivity index (χ1v) is 8.53. The molecule has 3 nitrogen and oxygen atoms in total. The van der Waals surface area contributed by atoms with Crippen molar-refractivity contribution in [1.29, 1.82) is 0 Å². The summed E-state index contributed by atoms with van der Waals surface area (Å²) in [6.07, 6.45) is 1.67. The average Bonchev–Trinajstić information content (AvgIpc) is 2.56. The van der Waals surface area contributed by atoms with Gasteiger partial charge in [-0.3, -0.25) is 0 Å². The summed E-state index contributed by atoms with van der Waals surface area (Å²) in [5.74, 6) is 2.98. The summed E-state index contributed by atoms with van der Waals surface area (Å²) in [6.45, 7) is 8.67. The van der Waals surface area contributed by atoms with E-state index in [2.05, 4.69) is 39.8 Å². The van der Waals surface area contributed by atoms with E-state index in [1.165, 1.54) is 5.56 Å². The number of benzene rings is 2. The largest absolute Gasteiger partial charge is 0.497 e. The number of aliphatic hydroxyl groups is 1. The van der Waals surface area contributed by atoms with Crippen LogP contribution in [-0.4, -0.2) is 18.8 Å². The number of aryl methyl sites for hydroxylation is 3. The average molecular weight is 328 g/mol. The molecule has 0 heterocycles. The van der Waals surface area contributed by atoms with Gasteiger partial charge in [0.25, 0.3) is 0 Å². The van der Waals surface area contributed by atoms with E-state index < -0.39 is 0 Å². The van der Waals surface area contributed by atoms with Crippen LogP contribution in [0.4, 0.5) is 0 Å². The van der Waals surface area contributed by atoms with Crippen LogP contribution in [0.15, 0.2) is 30.3 Å². The van der Waals surface area contributed by atoms with Gasteiger partial charge in [0.1, 0.15) is 17.2 Å². The van der Waals surface area contributed by atoms with Crippen LogP contribution in [0.3, 0.4) is 0 Å². The molecule has 3 heteroatoms. The molecule has 0 spiro atoms. The predicted molar refractivity (Wildman–Crippen MR) is 98.5 cm³/mol. The first-order chi connectivity index (χ1) is 11.5. The molecule has 0 amide bonds. The van der Waals surface area contributed by atoms with Gasteiger partial charge >= 0.3 is 0 Å². The monoisotopic (exact) mass is 328 g/mol. The van der Waals surface area contributed by atoms with Crippen molar-refractivity contribution in [3.63, 3.8) is 0 Å². The normalized spacial score (nSPS) is 11.0. The second kappa shape index (κ2) is 8.20. The van der Waals surface area contributed by atoms with Crippen molar-refractivity contribution in [2.75, 3.05) is 13.7 Å². The van der Waals surface area contributed by atoms with E-state index in [0.29, 0.717) is 5.92 Å². The number of methoxy groups -OCH3 is 1. The number of ether oxygens (including phenoxy) is 2. The van der Waals surface area contributed by atoms with Crippen molar-refractivity contribution in [1.82, 2.24) is 0 Å². The van der Waals surface area contributed by atoms with Crippen molar-refractivity contribution in [2.24, 2.45) is 0 Å². The van der Waals surface area contributed by atoms with Crippen LogP contribution in [-0.2, 0) is 6.42 Å². The molecule has 0 unspecified atom stereocenters. The smallest absolute Gasteiger partial charge is 0.133 e. The maximum atomic E-state index is 9.01. The van der Waals surface area contributed by atoms with E-state index in [1.54, 1.807) is 7.11 Å². The molecule has 0 radical (unpaired) electrons. The molecule has 2 aromatic carbocycles. The second-order valence-corrected chi connectivity index (χ2v) is 6.55. The minimum Gasteiger partial charge on any atom is -0.497 e. The highest BCUT2D eigenvalue weighted by Crippen LogP contribution is 2.36. The van der Waals surface area contributed by atoms with E-state index in [4.69, 9.17) is 14.6 Å². The Bertz CT molecular complexity index is 666. The maximum Gasteiger partial charge on any atom is 0.133 e. The van der Waals surface area contributed by atoms with Gasteiger partial charge in [-0.05, 0) is 67.5 Å². The van der Waals surface area contributed by atoms with Crippen molar-refractivity contribution in [3.05, 3.63) is 52.6 Å². The standard InChI is InChI=1S/C21H28O3/c1-14(2)19-13-18(23-5)8-9-20(19)24-21-15(3)11-17(7-6-10-22)12-16(21)4/h8-9,11-14,22H,6-7,10H2,1-5H3. The Morgan fingerprint density at radius 2 is 1.71 bits per heavy atom. The Labute approximate surface area is 145 Å². The summed E-state index contributed by atoms with van der Waals surface area (Å²) in [7, 11) is 1.68. The van der Waals surface area contributed by atoms with Crippen LogP contribution in [0.1, 0.15) is 48.4 Å². The predicted octanol–water partition coefficient (Wildman–Crippen LogP) is 5.15. The molecule has 0 fully saturated rings. The molecule has 0 aliphatic rings. The highest BCUT2D eigenvalue weighted by Gasteiger charge is 2.13. The van der Waals surface area contributed by atoms with E-state index in [0.717, 1.165) is 46.8 Å². The van der Waals surface area contributed by atoms with E-state index in [1.807, 2.05) is 18.2 Å². The Balaban J connectivity index is 2.34. The summed E-state index contributed by atoms with van der Waals surface area (Å²) in [4.78, 5) is 0. The third kappa shape index (κ3) is 4.30. The van der Waals surface area contributed by atoms with Crippen LogP contribution in [0.5, 0.6) is 17.2 Å². The summed E-state index contributed by atoms with van der Waals surface area (Å²) >= 11 is 0. The molecule has 0 bridgehead atoms. The van der Waals surface area contributed by atoms with Gasteiger partial charge in [0.2, 0.25) is 0 Å². The van der Waals surface area contributed by atoms with Crippen molar-refractivity contribution in [2.45, 2.75) is 46.5 Å². The van der Waals surface area contributed by atoms with Gasteiger partial charge in [0.05, 0.1) is 7.11 Å². The number of hydrogen-bond acceptors (Lipinski definition) is 3. The van der Waals surface area contributed by atoms with E-state index >= 15 is 0 Å². The molecule has 130 valence electrons. The van der Waals surface area contributed by atoms with Crippen molar-refractivity contribution < 1.29 is 14.6 Å². The summed E-state index contributed by atoms with van der Waals surface area (Å²) in [5, 5.41) is 9.01. The van der Waals surface area contributed by atoms with Crippen molar-refractivity contribution >= 4 is 0 Å². The minimum absolute atomic E-state index is 0.222. The number of hydrogen-bond donors (Lipinski definition) is 1. The second-order valence-electron chi connectivity index (χ2n) is 6.55. The Morgan fingerprint density at radius 3 is 2.25 bits per heavy atom. The molecule has 0 atom stereocenters. The Morgan fingerprint density at radius 1 is 1.04 bits per heavy atom. The zero-order valence-corrected chi connectivity index (χ0v) is 15.3. The molecule has 0 aliphatic heterocycles. The lowest BCUT2D eigenvalue weighted by Gasteiger charge is -2.18. The third-order valence-corrected chi connectivity index (χ3v) is 4.19. The highest BCUT2D eigenvalue weighted by molar-refractivity contribution is 5.49. The van der Waals surface area contributed by atoms with Crippen LogP contribution in [0.25, 0.3) is 0 Å². The molecule has 1 N–H and O–H groups in total. The van der Waals surface area contributed by atoms with Crippen LogP contribution in [0.2, 0.25) is 0 Å². The number of aliphatic hydroxyl groups excluding tert-OH is 1. The first kappa shape index (κ1) is 18.3. The highest BCUT2D eigenvalue weighted by atomic mass is 16.5. The van der Waals surface area contributed by atoms with Gasteiger partial charge in [-0.1, -0.05) is 26.0 Å². The molecule has 24 heavy (non-hydrogen) atoms. The van der Waals surface area contributed by atoms with Gasteiger partial charge in [-0.2, -0.15) is 0 Å². The van der Waals surface area contributed by atoms with Crippen molar-refractivity contribution in [3.8, 4) is 17.2 Å². The van der Waals surface area contributed by atoms with Gasteiger partial charge < -0.3 is 14.6 Å². The van der Waals surface area contributed by atoms with E-state index in [9.17, 15) is 0 Å². The van der Waals surface area contributed by atoms with Gasteiger partial charge in [0, 0.05) is 12.2 Å². The Hall–Kier alpha value is -2.00. The van der Waals surface area contributed by atoms with Crippen LogP contribution in [0, 0.1) is 13.8 Å². The molecule has 0 aromatic heterocycles. The topological polar surface area (TPSA) is 38.7 Å². The third-order valence-electron chi connectivity index (χ3n) is 4.19. The molecule has 0 saturated carbocycles. The lowest BCUT2D eigenvalue weighted by atomic mass is 10.0. The molecular formula is C21H28O3. The summed E-state index contributed by atoms with van der Waals surface area (Å²) in [6, 6.07) is 10.3. The maximum absolute atomic E-state index is 9.01. The fourth-order valence-electron chi connectivity index (χ4n) is 2.94. The van der Waals surface area contributed by atoms with Crippen LogP contribution < -0.4 is 9.47 Å². The zero-order valence-electron chi connectivity index (χ0n) is 15.3. The zero-order chi connectivity index (χ0) is 17.7. The minimum atomic E-state index is 0.222. The molecule has 2 aromatic rings. The first-order valence-electron chi connectivity index (χ1n) is 8.53. The van der Waals surface area contributed by atoms with E-state index in [-0.39, 0.29) is 6.61 Å².